The molecule has 2 bridgehead atoms. The van der Waals surface area contributed by atoms with Crippen molar-refractivity contribution in [3.8, 4) is 0 Å². The Labute approximate surface area is 203 Å². The number of nitrogens with one attached hydrogen (secondary N) is 2. The van der Waals surface area contributed by atoms with Crippen LogP contribution >= 0.6 is 15.9 Å². The van der Waals surface area contributed by atoms with E-state index in [2.05, 4.69) is 38.7 Å². The summed E-state index contributed by atoms with van der Waals surface area (Å²) in [6, 6.07) is 7.45. The van der Waals surface area contributed by atoms with Gasteiger partial charge in [0.15, 0.2) is 0 Å². The van der Waals surface area contributed by atoms with Crippen LogP contribution in [0.25, 0.3) is 0 Å². The molecule has 1 spiro atoms. The summed E-state index contributed by atoms with van der Waals surface area (Å²) in [6.45, 7) is 6.08. The van der Waals surface area contributed by atoms with Gasteiger partial charge < -0.3 is 20.3 Å². The number of anilines is 1. The van der Waals surface area contributed by atoms with E-state index >= 15 is 0 Å². The van der Waals surface area contributed by atoms with Gasteiger partial charge in [0.25, 0.3) is 0 Å². The van der Waals surface area contributed by atoms with Gasteiger partial charge in [0.2, 0.25) is 11.8 Å². The summed E-state index contributed by atoms with van der Waals surface area (Å²) < 4.78 is 6.29. The fraction of sp³-hybridized carbons (Fsp3) is 0.560. The third-order valence-corrected chi connectivity index (χ3v) is 7.54. The van der Waals surface area contributed by atoms with Crippen LogP contribution < -0.4 is 10.6 Å². The summed E-state index contributed by atoms with van der Waals surface area (Å²) in [6.07, 6.45) is 5.97. The molecule has 2 fully saturated rings. The van der Waals surface area contributed by atoms with Crippen molar-refractivity contribution in [2.75, 3.05) is 25.5 Å². The Morgan fingerprint density at radius 2 is 1.64 bits per heavy atom. The van der Waals surface area contributed by atoms with E-state index in [1.807, 2.05) is 45.0 Å². The highest BCUT2D eigenvalue weighted by Crippen LogP contribution is 2.72. The van der Waals surface area contributed by atoms with Gasteiger partial charge in [0, 0.05) is 30.3 Å². The van der Waals surface area contributed by atoms with Gasteiger partial charge in [0.05, 0.1) is 11.8 Å². The predicted molar refractivity (Wildman–Crippen MR) is 129 cm³/mol. The number of hydrogen-bond acceptors (Lipinski definition) is 4. The first-order valence-electron chi connectivity index (χ1n) is 11.5. The van der Waals surface area contributed by atoms with Crippen molar-refractivity contribution >= 4 is 39.5 Å². The standard InChI is InChI=1S/C25H32BrN3O4/c1-24(2,3)33-23(32)29(4)14-13-27-21(30)19-17-9-10-18(25(17)11-12-25)20(19)22(31)28-16-7-5-15(26)6-8-16/h5-10,17-20H,11-14H2,1-4H3,(H,27,30)(H,28,31)/t17-,18+,19-,20-/m1/s1. The number of nitrogens with zero attached hydrogens (tertiary/aromatic N) is 1. The van der Waals surface area contributed by atoms with Gasteiger partial charge >= 0.3 is 6.09 Å². The first-order valence-corrected chi connectivity index (χ1v) is 12.3. The summed E-state index contributed by atoms with van der Waals surface area (Å²) in [5.41, 5.74) is 0.215. The maximum Gasteiger partial charge on any atom is 0.410 e. The second-order valence-corrected chi connectivity index (χ2v) is 11.3. The number of rotatable bonds is 6. The zero-order chi connectivity index (χ0) is 24.0. The van der Waals surface area contributed by atoms with Crippen molar-refractivity contribution in [1.82, 2.24) is 10.2 Å². The number of allylic oxidation sites excluding steroid dienone is 2. The number of carbonyl (C=O) groups excluding carboxylic acids is 3. The van der Waals surface area contributed by atoms with Crippen LogP contribution in [0.15, 0.2) is 40.9 Å². The molecule has 178 valence electrons. The summed E-state index contributed by atoms with van der Waals surface area (Å²) >= 11 is 3.41. The second kappa shape index (κ2) is 8.78. The highest BCUT2D eigenvalue weighted by molar-refractivity contribution is 9.10. The number of hydrogen-bond donors (Lipinski definition) is 2. The Morgan fingerprint density at radius 3 is 2.18 bits per heavy atom. The van der Waals surface area contributed by atoms with Crippen molar-refractivity contribution in [1.29, 1.82) is 0 Å². The molecule has 33 heavy (non-hydrogen) atoms. The Balaban J connectivity index is 1.40. The van der Waals surface area contributed by atoms with E-state index in [0.29, 0.717) is 13.1 Å². The van der Waals surface area contributed by atoms with Crippen LogP contribution in [0.2, 0.25) is 0 Å². The van der Waals surface area contributed by atoms with Crippen molar-refractivity contribution in [3.05, 3.63) is 40.9 Å². The van der Waals surface area contributed by atoms with Gasteiger partial charge in [0.1, 0.15) is 5.60 Å². The molecule has 3 aliphatic rings. The molecule has 4 atom stereocenters. The lowest BCUT2D eigenvalue weighted by Gasteiger charge is -2.27. The molecule has 0 unspecified atom stereocenters. The third-order valence-electron chi connectivity index (χ3n) is 7.01. The first kappa shape index (κ1) is 23.8. The molecule has 4 rings (SSSR count). The number of halogens is 1. The fourth-order valence-electron chi connectivity index (χ4n) is 5.36. The van der Waals surface area contributed by atoms with Crippen LogP contribution in [0, 0.1) is 29.1 Å². The van der Waals surface area contributed by atoms with Crippen LogP contribution in [-0.4, -0.2) is 48.5 Å². The van der Waals surface area contributed by atoms with Gasteiger partial charge in [-0.15, -0.1) is 0 Å². The minimum Gasteiger partial charge on any atom is -0.444 e. The number of amides is 3. The SMILES string of the molecule is CN(CCNC(=O)[C@H]1[C@H](C(=O)Nc2ccc(Br)cc2)[C@@H]2C=C[C@H]1C21CC1)C(=O)OC(C)(C)C. The molecule has 2 N–H and O–H groups in total. The Hall–Kier alpha value is -2.35. The molecular formula is C25H32BrN3O4. The van der Waals surface area contributed by atoms with E-state index in [1.165, 1.54) is 4.90 Å². The highest BCUT2D eigenvalue weighted by Gasteiger charge is 2.69. The number of likely N-dealkylation sites (N-methyl/N-ethyl adjacent to an activating group) is 1. The molecule has 0 saturated heterocycles. The van der Waals surface area contributed by atoms with E-state index in [9.17, 15) is 14.4 Å². The number of benzene rings is 1. The van der Waals surface area contributed by atoms with Crippen LogP contribution in [-0.2, 0) is 14.3 Å². The fourth-order valence-corrected chi connectivity index (χ4v) is 5.63. The Bertz CT molecular complexity index is 965. The molecule has 1 aromatic carbocycles. The second-order valence-electron chi connectivity index (χ2n) is 10.4. The molecule has 3 aliphatic carbocycles. The molecule has 7 nitrogen and oxygen atoms in total. The van der Waals surface area contributed by atoms with Crippen molar-refractivity contribution < 1.29 is 19.1 Å². The van der Waals surface area contributed by atoms with E-state index in [-0.39, 0.29) is 29.1 Å². The lowest BCUT2D eigenvalue weighted by atomic mass is 9.81. The zero-order valence-electron chi connectivity index (χ0n) is 19.6. The van der Waals surface area contributed by atoms with E-state index < -0.39 is 23.5 Å². The summed E-state index contributed by atoms with van der Waals surface area (Å²) in [5, 5.41) is 5.99. The number of ether oxygens (including phenoxy) is 1. The largest absolute Gasteiger partial charge is 0.444 e. The third kappa shape index (κ3) is 4.81. The molecule has 3 amide bonds. The van der Waals surface area contributed by atoms with Crippen molar-refractivity contribution in [2.24, 2.45) is 29.1 Å². The average Bonchev–Trinajstić information content (AvgIpc) is 3.40. The van der Waals surface area contributed by atoms with Crippen molar-refractivity contribution in [3.63, 3.8) is 0 Å². The van der Waals surface area contributed by atoms with Gasteiger partial charge in [-0.3, -0.25) is 9.59 Å². The Morgan fingerprint density at radius 1 is 1.06 bits per heavy atom. The van der Waals surface area contributed by atoms with Crippen LogP contribution in [0.4, 0.5) is 10.5 Å². The molecule has 0 aromatic heterocycles. The lowest BCUT2D eigenvalue weighted by Crippen LogP contribution is -2.44. The van der Waals surface area contributed by atoms with E-state index in [0.717, 1.165) is 23.0 Å². The molecular weight excluding hydrogens is 486 g/mol. The topological polar surface area (TPSA) is 87.7 Å². The molecule has 0 heterocycles. The minimum absolute atomic E-state index is 0.0665. The van der Waals surface area contributed by atoms with Crippen molar-refractivity contribution in [2.45, 2.75) is 39.2 Å². The molecule has 1 aromatic rings. The van der Waals surface area contributed by atoms with Gasteiger partial charge in [-0.1, -0.05) is 28.1 Å². The van der Waals surface area contributed by atoms with Crippen LogP contribution in [0.3, 0.4) is 0 Å². The van der Waals surface area contributed by atoms with Gasteiger partial charge in [-0.25, -0.2) is 4.79 Å². The minimum atomic E-state index is -0.571. The maximum atomic E-state index is 13.3. The molecule has 2 saturated carbocycles. The average molecular weight is 518 g/mol. The normalized spacial score (nSPS) is 26.2. The highest BCUT2D eigenvalue weighted by atomic mass is 79.9. The smallest absolute Gasteiger partial charge is 0.410 e. The zero-order valence-corrected chi connectivity index (χ0v) is 21.1. The Kier molecular flexibility index (Phi) is 6.33. The summed E-state index contributed by atoms with van der Waals surface area (Å²) in [4.78, 5) is 40.2. The van der Waals surface area contributed by atoms with Crippen LogP contribution in [0.1, 0.15) is 33.6 Å². The summed E-state index contributed by atoms with van der Waals surface area (Å²) in [7, 11) is 1.65. The number of carbonyl (C=O) groups is 3. The summed E-state index contributed by atoms with van der Waals surface area (Å²) in [5.74, 6) is -0.831. The molecule has 0 aliphatic heterocycles. The quantitative estimate of drug-likeness (QED) is 0.553. The molecule has 8 heteroatoms. The maximum absolute atomic E-state index is 13.3. The first-order chi connectivity index (χ1) is 15.5. The molecule has 0 radical (unpaired) electrons. The monoisotopic (exact) mass is 517 g/mol. The van der Waals surface area contributed by atoms with Crippen LogP contribution in [0.5, 0.6) is 0 Å². The van der Waals surface area contributed by atoms with Gasteiger partial charge in [-0.2, -0.15) is 0 Å². The predicted octanol–water partition coefficient (Wildman–Crippen LogP) is 4.20. The van der Waals surface area contributed by atoms with E-state index in [1.54, 1.807) is 7.05 Å². The lowest BCUT2D eigenvalue weighted by molar-refractivity contribution is -0.132. The van der Waals surface area contributed by atoms with E-state index in [4.69, 9.17) is 4.74 Å². The van der Waals surface area contributed by atoms with Gasteiger partial charge in [-0.05, 0) is 75.1 Å².